The highest BCUT2D eigenvalue weighted by atomic mass is 16.5. The first-order valence-electron chi connectivity index (χ1n) is 12.4. The van der Waals surface area contributed by atoms with Gasteiger partial charge in [0.1, 0.15) is 0 Å². The molecule has 4 rings (SSSR count). The smallest absolute Gasteiger partial charge is 0.328 e. The normalized spacial score (nSPS) is 16.0. The van der Waals surface area contributed by atoms with Gasteiger partial charge >= 0.3 is 5.97 Å². The van der Waals surface area contributed by atoms with E-state index in [1.165, 1.54) is 16.7 Å². The van der Waals surface area contributed by atoms with Gasteiger partial charge in [0.05, 0.1) is 18.7 Å². The van der Waals surface area contributed by atoms with E-state index in [1.54, 1.807) is 19.3 Å². The van der Waals surface area contributed by atoms with Gasteiger partial charge in [-0.05, 0) is 74.2 Å². The number of benzene rings is 2. The van der Waals surface area contributed by atoms with Gasteiger partial charge in [0.25, 0.3) is 0 Å². The summed E-state index contributed by atoms with van der Waals surface area (Å²) in [6, 6.07) is 14.3. The van der Waals surface area contributed by atoms with Gasteiger partial charge < -0.3 is 25.2 Å². The number of likely N-dealkylation sites (tertiary alicyclic amines) is 1. The second-order valence-electron chi connectivity index (χ2n) is 9.56. The number of pyridine rings is 1. The molecule has 1 atom stereocenters. The molecule has 3 N–H and O–H groups in total. The third kappa shape index (κ3) is 6.29. The third-order valence-corrected chi connectivity index (χ3v) is 7.06. The van der Waals surface area contributed by atoms with Crippen LogP contribution in [-0.4, -0.2) is 58.9 Å². The second kappa shape index (κ2) is 11.6. The van der Waals surface area contributed by atoms with Crippen LogP contribution in [0.5, 0.6) is 5.88 Å². The van der Waals surface area contributed by atoms with E-state index in [-0.39, 0.29) is 0 Å². The summed E-state index contributed by atoms with van der Waals surface area (Å²) in [6.45, 7) is 7.50. The van der Waals surface area contributed by atoms with E-state index in [0.717, 1.165) is 49.5 Å². The zero-order valence-electron chi connectivity index (χ0n) is 21.2. The molecule has 190 valence electrons. The highest BCUT2D eigenvalue weighted by Crippen LogP contribution is 2.29. The van der Waals surface area contributed by atoms with Crippen molar-refractivity contribution in [3.63, 3.8) is 0 Å². The van der Waals surface area contributed by atoms with Crippen molar-refractivity contribution in [3.05, 3.63) is 76.4 Å². The first-order chi connectivity index (χ1) is 17.3. The number of hydrogen-bond acceptors (Lipinski definition) is 6. The quantitative estimate of drug-likeness (QED) is 0.387. The maximum atomic E-state index is 11.2. The number of aryl methyl sites for hydroxylation is 2. The number of aliphatic carboxylic acids is 1. The number of aliphatic hydroxyl groups is 1. The van der Waals surface area contributed by atoms with E-state index in [9.17, 15) is 9.90 Å². The molecule has 0 aliphatic carbocycles. The average molecular weight is 490 g/mol. The summed E-state index contributed by atoms with van der Waals surface area (Å²) in [6.07, 6.45) is 3.99. The molecule has 0 spiro atoms. The summed E-state index contributed by atoms with van der Waals surface area (Å²) < 4.78 is 5.30. The lowest BCUT2D eigenvalue weighted by Crippen LogP contribution is -2.43. The fourth-order valence-corrected chi connectivity index (χ4v) is 4.77. The van der Waals surface area contributed by atoms with Gasteiger partial charge in [-0.3, -0.25) is 0 Å². The lowest BCUT2D eigenvalue weighted by molar-refractivity contribution is -0.131. The van der Waals surface area contributed by atoms with Crippen molar-refractivity contribution in [2.45, 2.75) is 45.4 Å². The van der Waals surface area contributed by atoms with Gasteiger partial charge in [-0.2, -0.15) is 0 Å². The number of rotatable bonds is 9. The number of β-amino-alcohol motifs (C(OH)–C–C–N with tert-alkyl or cyclic N) is 1. The first kappa shape index (κ1) is 25.8. The number of fused-ring (bicyclic) bond motifs is 1. The number of piperidine rings is 1. The fraction of sp³-hybridized carbons (Fsp3) is 0.379. The Morgan fingerprint density at radius 3 is 2.64 bits per heavy atom. The highest BCUT2D eigenvalue weighted by Gasteiger charge is 2.23. The van der Waals surface area contributed by atoms with Crippen molar-refractivity contribution in [1.82, 2.24) is 15.2 Å². The summed E-state index contributed by atoms with van der Waals surface area (Å²) in [7, 11) is 1.55. The SMILES string of the molecule is COc1ccc2c(/C=C/C(=O)O)ccc(C(O)CN3CCC(NCc4ccc(C)c(C)c4)CC3)c2n1. The van der Waals surface area contributed by atoms with E-state index in [2.05, 4.69) is 47.2 Å². The van der Waals surface area contributed by atoms with Gasteiger partial charge in [-0.25, -0.2) is 9.78 Å². The third-order valence-electron chi connectivity index (χ3n) is 7.06. The summed E-state index contributed by atoms with van der Waals surface area (Å²) in [4.78, 5) is 17.9. The number of ether oxygens (including phenoxy) is 1. The Hall–Kier alpha value is -3.26. The van der Waals surface area contributed by atoms with Crippen LogP contribution in [0.15, 0.2) is 48.5 Å². The summed E-state index contributed by atoms with van der Waals surface area (Å²) >= 11 is 0. The molecule has 1 aliphatic heterocycles. The zero-order valence-corrected chi connectivity index (χ0v) is 21.2. The fourth-order valence-electron chi connectivity index (χ4n) is 4.77. The van der Waals surface area contributed by atoms with Gasteiger partial charge in [0.2, 0.25) is 5.88 Å². The lowest BCUT2D eigenvalue weighted by Gasteiger charge is -2.34. The molecule has 2 aromatic carbocycles. The van der Waals surface area contributed by atoms with Crippen molar-refractivity contribution in [2.75, 3.05) is 26.7 Å². The molecule has 7 heteroatoms. The Morgan fingerprint density at radius 1 is 1.17 bits per heavy atom. The molecule has 1 saturated heterocycles. The Bertz CT molecular complexity index is 1250. The molecule has 1 aromatic heterocycles. The molecule has 1 unspecified atom stereocenters. The molecule has 1 fully saturated rings. The number of carboxylic acids is 1. The Morgan fingerprint density at radius 2 is 1.94 bits per heavy atom. The molecule has 0 saturated carbocycles. The van der Waals surface area contributed by atoms with Crippen molar-refractivity contribution < 1.29 is 19.7 Å². The molecule has 0 amide bonds. The molecule has 1 aliphatic rings. The number of nitrogens with one attached hydrogen (secondary N) is 1. The van der Waals surface area contributed by atoms with Crippen molar-refractivity contribution in [1.29, 1.82) is 0 Å². The second-order valence-corrected chi connectivity index (χ2v) is 9.56. The number of carboxylic acid groups (broad SMARTS) is 1. The van der Waals surface area contributed by atoms with Gasteiger partial charge in [0, 0.05) is 42.2 Å². The van der Waals surface area contributed by atoms with Crippen molar-refractivity contribution >= 4 is 22.9 Å². The van der Waals surface area contributed by atoms with E-state index in [4.69, 9.17) is 9.84 Å². The van der Waals surface area contributed by atoms with Crippen LogP contribution in [0.3, 0.4) is 0 Å². The Labute approximate surface area is 212 Å². The van der Waals surface area contributed by atoms with Gasteiger partial charge in [-0.1, -0.05) is 30.3 Å². The topological polar surface area (TPSA) is 94.9 Å². The maximum absolute atomic E-state index is 11.2. The van der Waals surface area contributed by atoms with Crippen LogP contribution >= 0.6 is 0 Å². The molecular formula is C29H35N3O4. The van der Waals surface area contributed by atoms with Crippen LogP contribution < -0.4 is 10.1 Å². The van der Waals surface area contributed by atoms with E-state index < -0.39 is 12.1 Å². The minimum Gasteiger partial charge on any atom is -0.481 e. The number of nitrogens with zero attached hydrogens (tertiary/aromatic N) is 2. The van der Waals surface area contributed by atoms with Crippen LogP contribution in [0, 0.1) is 13.8 Å². The van der Waals surface area contributed by atoms with Crippen molar-refractivity contribution in [3.8, 4) is 5.88 Å². The van der Waals surface area contributed by atoms with Crippen LogP contribution in [-0.2, 0) is 11.3 Å². The van der Waals surface area contributed by atoms with E-state index >= 15 is 0 Å². The maximum Gasteiger partial charge on any atom is 0.328 e. The standard InChI is InChI=1S/C29H35N3O4/c1-19-4-5-21(16-20(19)2)17-30-23-12-14-32(15-13-23)18-26(33)25-8-6-22(7-11-28(34)35)24-9-10-27(36-3)31-29(24)25/h4-11,16,23,26,30,33H,12-15,17-18H2,1-3H3,(H,34,35)/b11-7+. The predicted octanol–water partition coefficient (Wildman–Crippen LogP) is 4.25. The zero-order chi connectivity index (χ0) is 25.7. The molecule has 0 bridgehead atoms. The van der Waals surface area contributed by atoms with Crippen molar-refractivity contribution in [2.24, 2.45) is 0 Å². The van der Waals surface area contributed by atoms with Crippen LogP contribution in [0.1, 0.15) is 46.8 Å². The average Bonchev–Trinajstić information content (AvgIpc) is 2.88. The molecule has 3 aromatic rings. The lowest BCUT2D eigenvalue weighted by atomic mass is 9.98. The predicted molar refractivity (Wildman–Crippen MR) is 142 cm³/mol. The summed E-state index contributed by atoms with van der Waals surface area (Å²) in [5.41, 5.74) is 6.02. The Balaban J connectivity index is 1.40. The number of methoxy groups -OCH3 is 1. The minimum atomic E-state index is -1.01. The summed E-state index contributed by atoms with van der Waals surface area (Å²) in [5.74, 6) is -0.563. The van der Waals surface area contributed by atoms with Gasteiger partial charge in [0.15, 0.2) is 0 Å². The van der Waals surface area contributed by atoms with E-state index in [0.29, 0.717) is 29.5 Å². The number of hydrogen-bond donors (Lipinski definition) is 3. The number of carbonyl (C=O) groups is 1. The van der Waals surface area contributed by atoms with Crippen LogP contribution in [0.2, 0.25) is 0 Å². The molecule has 7 nitrogen and oxygen atoms in total. The minimum absolute atomic E-state index is 0.450. The molecule has 2 heterocycles. The molecule has 36 heavy (non-hydrogen) atoms. The van der Waals surface area contributed by atoms with Gasteiger partial charge in [-0.15, -0.1) is 0 Å². The molecular weight excluding hydrogens is 454 g/mol. The monoisotopic (exact) mass is 489 g/mol. The van der Waals surface area contributed by atoms with Crippen LogP contribution in [0.4, 0.5) is 0 Å². The first-order valence-corrected chi connectivity index (χ1v) is 12.4. The number of aromatic nitrogens is 1. The largest absolute Gasteiger partial charge is 0.481 e. The number of aliphatic hydroxyl groups excluding tert-OH is 1. The molecule has 0 radical (unpaired) electrons. The summed E-state index contributed by atoms with van der Waals surface area (Å²) in [5, 5.41) is 24.6. The van der Waals surface area contributed by atoms with Crippen LogP contribution in [0.25, 0.3) is 17.0 Å². The Kier molecular flexibility index (Phi) is 8.36. The van der Waals surface area contributed by atoms with E-state index in [1.807, 2.05) is 18.2 Å². The highest BCUT2D eigenvalue weighted by molar-refractivity contribution is 5.94.